The summed E-state index contributed by atoms with van der Waals surface area (Å²) in [7, 11) is 0. The van der Waals surface area contributed by atoms with Gasteiger partial charge < -0.3 is 10.1 Å². The van der Waals surface area contributed by atoms with Gasteiger partial charge in [-0.05, 0) is 16.7 Å². The van der Waals surface area contributed by atoms with Crippen molar-refractivity contribution in [1.82, 2.24) is 5.32 Å². The normalized spacial score (nSPS) is 17.2. The summed E-state index contributed by atoms with van der Waals surface area (Å²) in [6, 6.07) is 31.6. The highest BCUT2D eigenvalue weighted by molar-refractivity contribution is 5.78. The third-order valence-electron chi connectivity index (χ3n) is 4.87. The fraction of sp³-hybridized carbons (Fsp3) is 0.208. The Labute approximate surface area is 160 Å². The highest BCUT2D eigenvalue weighted by Crippen LogP contribution is 2.27. The highest BCUT2D eigenvalue weighted by Gasteiger charge is 2.23. The summed E-state index contributed by atoms with van der Waals surface area (Å²) in [6.07, 6.45) is 0.750. The van der Waals surface area contributed by atoms with E-state index in [2.05, 4.69) is 78.1 Å². The van der Waals surface area contributed by atoms with E-state index < -0.39 is 0 Å². The molecule has 0 saturated carbocycles. The fourth-order valence-electron chi connectivity index (χ4n) is 3.39. The lowest BCUT2D eigenvalue weighted by atomic mass is 10.0. The number of aliphatic imine (C=N–C) groups is 1. The molecule has 3 aromatic carbocycles. The van der Waals surface area contributed by atoms with Crippen LogP contribution in [0.2, 0.25) is 0 Å². The van der Waals surface area contributed by atoms with E-state index in [-0.39, 0.29) is 12.1 Å². The van der Waals surface area contributed by atoms with Crippen LogP contribution in [0.5, 0.6) is 0 Å². The molecule has 0 bridgehead atoms. The molecule has 3 nitrogen and oxygen atoms in total. The molecule has 0 radical (unpaired) electrons. The molecule has 136 valence electrons. The summed E-state index contributed by atoms with van der Waals surface area (Å²) in [5.74, 6) is 0.832. The SMILES string of the molecule is c1ccc(CN[C@@H](CC2=N[C@H](c3ccccc3)CO2)c2ccccc2)cc1. The number of benzene rings is 3. The Balaban J connectivity index is 1.48. The minimum Gasteiger partial charge on any atom is -0.478 e. The second kappa shape index (κ2) is 8.65. The molecule has 4 rings (SSSR count). The van der Waals surface area contributed by atoms with Gasteiger partial charge in [0, 0.05) is 19.0 Å². The van der Waals surface area contributed by atoms with Gasteiger partial charge in [-0.15, -0.1) is 0 Å². The minimum atomic E-state index is 0.103. The van der Waals surface area contributed by atoms with Crippen molar-refractivity contribution in [2.24, 2.45) is 4.99 Å². The van der Waals surface area contributed by atoms with E-state index in [4.69, 9.17) is 9.73 Å². The van der Waals surface area contributed by atoms with Gasteiger partial charge in [0.25, 0.3) is 0 Å². The van der Waals surface area contributed by atoms with Gasteiger partial charge in [-0.3, -0.25) is 0 Å². The number of hydrogen-bond acceptors (Lipinski definition) is 3. The fourth-order valence-corrected chi connectivity index (χ4v) is 3.39. The molecule has 0 amide bonds. The van der Waals surface area contributed by atoms with Crippen LogP contribution >= 0.6 is 0 Å². The van der Waals surface area contributed by atoms with E-state index in [1.165, 1.54) is 16.7 Å². The number of rotatable bonds is 7. The third kappa shape index (κ3) is 4.63. The Bertz CT molecular complexity index is 863. The van der Waals surface area contributed by atoms with E-state index in [0.717, 1.165) is 18.9 Å². The lowest BCUT2D eigenvalue weighted by Gasteiger charge is -2.19. The lowest BCUT2D eigenvalue weighted by molar-refractivity contribution is 0.306. The zero-order valence-electron chi connectivity index (χ0n) is 15.3. The van der Waals surface area contributed by atoms with Crippen LogP contribution in [0.4, 0.5) is 0 Å². The van der Waals surface area contributed by atoms with Crippen molar-refractivity contribution >= 4 is 5.90 Å². The first kappa shape index (κ1) is 17.5. The minimum absolute atomic E-state index is 0.103. The smallest absolute Gasteiger partial charge is 0.185 e. The van der Waals surface area contributed by atoms with Crippen LogP contribution in [0, 0.1) is 0 Å². The molecule has 0 fully saturated rings. The van der Waals surface area contributed by atoms with Crippen LogP contribution in [0.15, 0.2) is 96.0 Å². The van der Waals surface area contributed by atoms with E-state index in [9.17, 15) is 0 Å². The molecular formula is C24H24N2O. The van der Waals surface area contributed by atoms with E-state index in [1.54, 1.807) is 0 Å². The van der Waals surface area contributed by atoms with Crippen LogP contribution in [0.25, 0.3) is 0 Å². The number of nitrogens with one attached hydrogen (secondary N) is 1. The standard InChI is InChI=1S/C24H24N2O/c1-4-10-19(11-5-1)17-25-22(20-12-6-2-7-13-20)16-24-26-23(18-27-24)21-14-8-3-9-15-21/h1-15,22-23,25H,16-18H2/t22-,23-/m0/s1. The van der Waals surface area contributed by atoms with Crippen molar-refractivity contribution in [3.05, 3.63) is 108 Å². The summed E-state index contributed by atoms with van der Waals surface area (Å²) in [5, 5.41) is 3.67. The van der Waals surface area contributed by atoms with Crippen molar-refractivity contribution in [2.75, 3.05) is 6.61 Å². The van der Waals surface area contributed by atoms with E-state index in [0.29, 0.717) is 6.61 Å². The average Bonchev–Trinajstić information content (AvgIpc) is 3.22. The molecule has 3 heteroatoms. The summed E-state index contributed by atoms with van der Waals surface area (Å²) >= 11 is 0. The Hall–Kier alpha value is -2.91. The Morgan fingerprint density at radius 2 is 1.48 bits per heavy atom. The van der Waals surface area contributed by atoms with Gasteiger partial charge in [-0.25, -0.2) is 4.99 Å². The van der Waals surface area contributed by atoms with Gasteiger partial charge >= 0.3 is 0 Å². The van der Waals surface area contributed by atoms with Gasteiger partial charge in [0.05, 0.1) is 0 Å². The Morgan fingerprint density at radius 1 is 0.852 bits per heavy atom. The maximum atomic E-state index is 5.93. The van der Waals surface area contributed by atoms with Gasteiger partial charge in [0.2, 0.25) is 0 Å². The molecule has 0 aromatic heterocycles. The topological polar surface area (TPSA) is 33.6 Å². The number of nitrogens with zero attached hydrogens (tertiary/aromatic N) is 1. The average molecular weight is 356 g/mol. The first-order valence-electron chi connectivity index (χ1n) is 9.45. The second-order valence-corrected chi connectivity index (χ2v) is 6.79. The molecular weight excluding hydrogens is 332 g/mol. The summed E-state index contributed by atoms with van der Waals surface area (Å²) in [5.41, 5.74) is 3.73. The molecule has 1 aliphatic rings. The largest absolute Gasteiger partial charge is 0.478 e. The van der Waals surface area contributed by atoms with Gasteiger partial charge in [0.15, 0.2) is 5.90 Å². The third-order valence-corrected chi connectivity index (χ3v) is 4.87. The van der Waals surface area contributed by atoms with Crippen molar-refractivity contribution in [3.8, 4) is 0 Å². The second-order valence-electron chi connectivity index (χ2n) is 6.79. The summed E-state index contributed by atoms with van der Waals surface area (Å²) in [6.45, 7) is 1.44. The zero-order valence-corrected chi connectivity index (χ0v) is 15.3. The lowest BCUT2D eigenvalue weighted by Crippen LogP contribution is -2.23. The number of ether oxygens (including phenoxy) is 1. The molecule has 0 spiro atoms. The highest BCUT2D eigenvalue weighted by atomic mass is 16.5. The summed E-state index contributed by atoms with van der Waals surface area (Å²) < 4.78 is 5.93. The predicted molar refractivity (Wildman–Crippen MR) is 110 cm³/mol. The summed E-state index contributed by atoms with van der Waals surface area (Å²) in [4.78, 5) is 4.83. The molecule has 27 heavy (non-hydrogen) atoms. The van der Waals surface area contributed by atoms with Crippen LogP contribution < -0.4 is 5.32 Å². The molecule has 1 N–H and O–H groups in total. The van der Waals surface area contributed by atoms with Crippen molar-refractivity contribution < 1.29 is 4.74 Å². The van der Waals surface area contributed by atoms with Crippen molar-refractivity contribution in [2.45, 2.75) is 25.0 Å². The molecule has 3 aromatic rings. The molecule has 0 saturated heterocycles. The van der Waals surface area contributed by atoms with Gasteiger partial charge in [-0.2, -0.15) is 0 Å². The Kier molecular flexibility index (Phi) is 5.61. The monoisotopic (exact) mass is 356 g/mol. The van der Waals surface area contributed by atoms with Gasteiger partial charge in [-0.1, -0.05) is 91.0 Å². The van der Waals surface area contributed by atoms with Crippen LogP contribution in [-0.4, -0.2) is 12.5 Å². The predicted octanol–water partition coefficient (Wildman–Crippen LogP) is 5.08. The molecule has 0 aliphatic carbocycles. The van der Waals surface area contributed by atoms with E-state index in [1.807, 2.05) is 18.2 Å². The zero-order chi connectivity index (χ0) is 18.3. The van der Waals surface area contributed by atoms with E-state index >= 15 is 0 Å². The Morgan fingerprint density at radius 3 is 2.19 bits per heavy atom. The maximum Gasteiger partial charge on any atom is 0.185 e. The van der Waals surface area contributed by atoms with Crippen molar-refractivity contribution in [3.63, 3.8) is 0 Å². The van der Waals surface area contributed by atoms with Crippen LogP contribution in [0.3, 0.4) is 0 Å². The van der Waals surface area contributed by atoms with Gasteiger partial charge in [0.1, 0.15) is 12.6 Å². The van der Waals surface area contributed by atoms with Crippen molar-refractivity contribution in [1.29, 1.82) is 0 Å². The molecule has 1 heterocycles. The molecule has 2 atom stereocenters. The first-order chi connectivity index (χ1) is 13.4. The van der Waals surface area contributed by atoms with Crippen LogP contribution in [-0.2, 0) is 11.3 Å². The van der Waals surface area contributed by atoms with Crippen LogP contribution in [0.1, 0.15) is 35.2 Å². The quantitative estimate of drug-likeness (QED) is 0.641. The first-order valence-corrected chi connectivity index (χ1v) is 9.45. The maximum absolute atomic E-state index is 5.93. The number of hydrogen-bond donors (Lipinski definition) is 1. The molecule has 0 unspecified atom stereocenters. The molecule has 1 aliphatic heterocycles.